The number of nitrogens with one attached hydrogen (secondary N) is 2. The fourth-order valence-electron chi connectivity index (χ4n) is 3.07. The van der Waals surface area contributed by atoms with Crippen LogP contribution in [-0.2, 0) is 11.3 Å². The van der Waals surface area contributed by atoms with Crippen molar-refractivity contribution in [3.05, 3.63) is 35.4 Å². The van der Waals surface area contributed by atoms with Gasteiger partial charge in [0, 0.05) is 37.7 Å². The van der Waals surface area contributed by atoms with E-state index in [-0.39, 0.29) is 18.0 Å². The van der Waals surface area contributed by atoms with Crippen LogP contribution >= 0.6 is 0 Å². The van der Waals surface area contributed by atoms with Gasteiger partial charge in [-0.1, -0.05) is 0 Å². The molecule has 2 rings (SSSR count). The summed E-state index contributed by atoms with van der Waals surface area (Å²) in [5, 5.41) is 6.13. The molecule has 0 saturated carbocycles. The van der Waals surface area contributed by atoms with Gasteiger partial charge in [-0.2, -0.15) is 0 Å². The van der Waals surface area contributed by atoms with E-state index in [0.717, 1.165) is 37.6 Å². The molecule has 5 nitrogen and oxygen atoms in total. The predicted octanol–water partition coefficient (Wildman–Crippen LogP) is 2.81. The zero-order chi connectivity index (χ0) is 18.9. The third kappa shape index (κ3) is 5.97. The average Bonchev–Trinajstić information content (AvgIpc) is 2.62. The van der Waals surface area contributed by atoms with Crippen molar-refractivity contribution in [1.82, 2.24) is 15.5 Å². The number of piperidine rings is 1. The van der Waals surface area contributed by atoms with Gasteiger partial charge < -0.3 is 15.5 Å². The first-order valence-electron chi connectivity index (χ1n) is 9.26. The van der Waals surface area contributed by atoms with E-state index in [4.69, 9.17) is 0 Å². The second-order valence-electron chi connectivity index (χ2n) is 6.54. The molecule has 0 radical (unpaired) electrons. The smallest absolute Gasteiger partial charge is 0.224 e. The van der Waals surface area contributed by atoms with E-state index in [1.54, 1.807) is 0 Å². The summed E-state index contributed by atoms with van der Waals surface area (Å²) in [5.41, 5.74) is 0.195. The van der Waals surface area contributed by atoms with Gasteiger partial charge in [0.25, 0.3) is 0 Å². The summed E-state index contributed by atoms with van der Waals surface area (Å²) in [6, 6.07) is 3.62. The number of aliphatic imine (C=N–C) groups is 1. The Morgan fingerprint density at radius 2 is 2.12 bits per heavy atom. The molecule has 1 amide bonds. The Hall–Kier alpha value is -2.18. The first-order chi connectivity index (χ1) is 12.5. The summed E-state index contributed by atoms with van der Waals surface area (Å²) < 4.78 is 26.9. The van der Waals surface area contributed by atoms with Crippen LogP contribution < -0.4 is 10.6 Å². The van der Waals surface area contributed by atoms with Crippen molar-refractivity contribution in [3.63, 3.8) is 0 Å². The number of nitrogens with zero attached hydrogens (tertiary/aromatic N) is 2. The van der Waals surface area contributed by atoms with Gasteiger partial charge in [-0.05, 0) is 51.3 Å². The zero-order valence-corrected chi connectivity index (χ0v) is 15.5. The van der Waals surface area contributed by atoms with Crippen molar-refractivity contribution in [3.8, 4) is 0 Å². The number of rotatable bonds is 6. The lowest BCUT2D eigenvalue weighted by Crippen LogP contribution is -2.44. The molecule has 0 spiro atoms. The van der Waals surface area contributed by atoms with Gasteiger partial charge in [0.2, 0.25) is 5.91 Å². The second-order valence-corrected chi connectivity index (χ2v) is 6.54. The Morgan fingerprint density at radius 1 is 1.31 bits per heavy atom. The molecule has 1 saturated heterocycles. The molecule has 144 valence electrons. The number of hydrogen-bond donors (Lipinski definition) is 2. The van der Waals surface area contributed by atoms with E-state index in [9.17, 15) is 13.6 Å². The minimum absolute atomic E-state index is 0.0238. The molecule has 1 unspecified atom stereocenters. The summed E-state index contributed by atoms with van der Waals surface area (Å²) in [6.07, 6.45) is 3.68. The van der Waals surface area contributed by atoms with Gasteiger partial charge >= 0.3 is 0 Å². The van der Waals surface area contributed by atoms with Gasteiger partial charge in [-0.25, -0.2) is 13.8 Å². The third-order valence-corrected chi connectivity index (χ3v) is 4.51. The molecule has 1 aliphatic heterocycles. The fourth-order valence-corrected chi connectivity index (χ4v) is 3.07. The number of hydrogen-bond acceptors (Lipinski definition) is 2. The van der Waals surface area contributed by atoms with Gasteiger partial charge in [-0.15, -0.1) is 0 Å². The average molecular weight is 366 g/mol. The highest BCUT2D eigenvalue weighted by Crippen LogP contribution is 2.17. The molecule has 1 aromatic carbocycles. The lowest BCUT2D eigenvalue weighted by molar-refractivity contribution is -0.134. The number of carbonyl (C=O) groups excluding carboxylic acids is 1. The largest absolute Gasteiger partial charge is 0.357 e. The summed E-state index contributed by atoms with van der Waals surface area (Å²) in [5.74, 6) is -0.358. The molecule has 1 atom stereocenters. The quantitative estimate of drug-likeness (QED) is 0.601. The van der Waals surface area contributed by atoms with E-state index < -0.39 is 11.6 Å². The van der Waals surface area contributed by atoms with Crippen LogP contribution in [0.4, 0.5) is 8.78 Å². The fraction of sp³-hybridized carbons (Fsp3) is 0.579. The number of guanidine groups is 1. The first kappa shape index (κ1) is 20.1. The van der Waals surface area contributed by atoms with Crippen molar-refractivity contribution in [2.45, 2.75) is 52.1 Å². The lowest BCUT2D eigenvalue weighted by Gasteiger charge is -2.33. The Balaban J connectivity index is 1.87. The van der Waals surface area contributed by atoms with Crippen molar-refractivity contribution in [2.24, 2.45) is 4.99 Å². The van der Waals surface area contributed by atoms with Crippen molar-refractivity contribution < 1.29 is 13.6 Å². The van der Waals surface area contributed by atoms with Crippen molar-refractivity contribution in [1.29, 1.82) is 0 Å². The van der Waals surface area contributed by atoms with E-state index in [0.29, 0.717) is 31.5 Å². The number of halogens is 2. The molecule has 1 aliphatic rings. The van der Waals surface area contributed by atoms with Gasteiger partial charge in [0.05, 0.1) is 6.54 Å². The minimum atomic E-state index is -0.490. The van der Waals surface area contributed by atoms with E-state index in [1.165, 1.54) is 6.42 Å². The lowest BCUT2D eigenvalue weighted by atomic mass is 10.0. The molecule has 0 aliphatic carbocycles. The number of benzene rings is 1. The molecule has 7 heteroatoms. The van der Waals surface area contributed by atoms with Crippen LogP contribution in [-0.4, -0.2) is 42.4 Å². The van der Waals surface area contributed by atoms with Crippen LogP contribution in [0.2, 0.25) is 0 Å². The highest BCUT2D eigenvalue weighted by molar-refractivity contribution is 5.81. The Morgan fingerprint density at radius 3 is 2.85 bits per heavy atom. The van der Waals surface area contributed by atoms with Crippen LogP contribution in [0.25, 0.3) is 0 Å². The maximum absolute atomic E-state index is 13.7. The molecule has 0 aromatic heterocycles. The number of likely N-dealkylation sites (tertiary alicyclic amines) is 1. The van der Waals surface area contributed by atoms with Crippen LogP contribution in [0, 0.1) is 11.6 Å². The summed E-state index contributed by atoms with van der Waals surface area (Å²) in [7, 11) is 0. The molecule has 26 heavy (non-hydrogen) atoms. The third-order valence-electron chi connectivity index (χ3n) is 4.51. The van der Waals surface area contributed by atoms with Crippen molar-refractivity contribution >= 4 is 11.9 Å². The van der Waals surface area contributed by atoms with Gasteiger partial charge in [0.1, 0.15) is 11.6 Å². The summed E-state index contributed by atoms with van der Waals surface area (Å²) >= 11 is 0. The van der Waals surface area contributed by atoms with Crippen molar-refractivity contribution in [2.75, 3.05) is 19.6 Å². The minimum Gasteiger partial charge on any atom is -0.357 e. The topological polar surface area (TPSA) is 56.7 Å². The molecule has 1 fully saturated rings. The maximum atomic E-state index is 13.7. The predicted molar refractivity (Wildman–Crippen MR) is 98.8 cm³/mol. The monoisotopic (exact) mass is 366 g/mol. The molecular weight excluding hydrogens is 338 g/mol. The Kier molecular flexibility index (Phi) is 7.81. The standard InChI is InChI=1S/C19H28F2N4O/c1-3-22-19(24-13-15-12-16(20)7-8-17(15)21)23-10-9-18(26)25-11-5-4-6-14(25)2/h7-8,12,14H,3-6,9-11,13H2,1-2H3,(H2,22,23,24). The first-order valence-corrected chi connectivity index (χ1v) is 9.26. The molecular formula is C19H28F2N4O. The highest BCUT2D eigenvalue weighted by Gasteiger charge is 2.22. The summed E-state index contributed by atoms with van der Waals surface area (Å²) in [6.45, 7) is 5.93. The number of amides is 1. The second kappa shape index (κ2) is 10.1. The van der Waals surface area contributed by atoms with E-state index >= 15 is 0 Å². The zero-order valence-electron chi connectivity index (χ0n) is 15.5. The van der Waals surface area contributed by atoms with Gasteiger partial charge in [-0.3, -0.25) is 4.79 Å². The summed E-state index contributed by atoms with van der Waals surface area (Å²) in [4.78, 5) is 18.6. The van der Waals surface area contributed by atoms with Crippen LogP contribution in [0.1, 0.15) is 45.1 Å². The maximum Gasteiger partial charge on any atom is 0.224 e. The van der Waals surface area contributed by atoms with Crippen LogP contribution in [0.5, 0.6) is 0 Å². The van der Waals surface area contributed by atoms with Crippen LogP contribution in [0.15, 0.2) is 23.2 Å². The van der Waals surface area contributed by atoms with E-state index in [1.807, 2.05) is 11.8 Å². The molecule has 1 heterocycles. The van der Waals surface area contributed by atoms with E-state index in [2.05, 4.69) is 22.5 Å². The Bertz CT molecular complexity index is 636. The Labute approximate surface area is 153 Å². The van der Waals surface area contributed by atoms with Crippen LogP contribution in [0.3, 0.4) is 0 Å². The van der Waals surface area contributed by atoms with Gasteiger partial charge in [0.15, 0.2) is 5.96 Å². The SMILES string of the molecule is CCNC(=NCc1cc(F)ccc1F)NCCC(=O)N1CCCCC1C. The molecule has 1 aromatic rings. The molecule has 0 bridgehead atoms. The molecule has 2 N–H and O–H groups in total. The highest BCUT2D eigenvalue weighted by atomic mass is 19.1. The normalized spacial score (nSPS) is 17.9. The number of carbonyl (C=O) groups is 1.